The van der Waals surface area contributed by atoms with Crippen molar-refractivity contribution >= 4 is 17.3 Å². The van der Waals surface area contributed by atoms with Crippen molar-refractivity contribution in [3.05, 3.63) is 23.5 Å². The molecule has 104 valence electrons. The molecule has 4 N–H and O–H groups in total. The fourth-order valence-corrected chi connectivity index (χ4v) is 2.30. The van der Waals surface area contributed by atoms with E-state index in [-0.39, 0.29) is 30.2 Å². The van der Waals surface area contributed by atoms with Gasteiger partial charge < -0.3 is 20.9 Å². The lowest BCUT2D eigenvalue weighted by Gasteiger charge is -2.26. The van der Waals surface area contributed by atoms with Crippen molar-refractivity contribution in [1.82, 2.24) is 0 Å². The number of nitrogen functional groups attached to an aromatic ring is 2. The molecule has 1 saturated heterocycles. The van der Waals surface area contributed by atoms with E-state index in [0.29, 0.717) is 13.0 Å². The molecule has 2 rings (SSSR count). The predicted octanol–water partition coefficient (Wildman–Crippen LogP) is 1.21. The summed E-state index contributed by atoms with van der Waals surface area (Å²) in [5.74, 6) is -1.16. The summed E-state index contributed by atoms with van der Waals surface area (Å²) in [4.78, 5) is 12.2. The van der Waals surface area contributed by atoms with Crippen molar-refractivity contribution in [3.63, 3.8) is 0 Å². The van der Waals surface area contributed by atoms with E-state index in [1.807, 2.05) is 0 Å². The Morgan fingerprint density at radius 1 is 1.53 bits per heavy atom. The Balaban J connectivity index is 2.51. The SMILES string of the molecule is CCOC(=O)C1(c2ccc(N)c(N)c2F)CCOC1. The molecule has 1 aromatic rings. The lowest BCUT2D eigenvalue weighted by molar-refractivity contribution is -0.150. The highest BCUT2D eigenvalue weighted by molar-refractivity contribution is 5.85. The van der Waals surface area contributed by atoms with Crippen molar-refractivity contribution < 1.29 is 18.7 Å². The van der Waals surface area contributed by atoms with Crippen LogP contribution in [-0.4, -0.2) is 25.8 Å². The average Bonchev–Trinajstić information content (AvgIpc) is 2.87. The Morgan fingerprint density at radius 3 is 2.84 bits per heavy atom. The van der Waals surface area contributed by atoms with Crippen LogP contribution in [0.5, 0.6) is 0 Å². The number of nitrogens with two attached hydrogens (primary N) is 2. The lowest BCUT2D eigenvalue weighted by atomic mass is 9.79. The van der Waals surface area contributed by atoms with Crippen molar-refractivity contribution in [2.24, 2.45) is 0 Å². The van der Waals surface area contributed by atoms with Gasteiger partial charge in [0.25, 0.3) is 0 Å². The predicted molar refractivity (Wildman–Crippen MR) is 69.0 cm³/mol. The van der Waals surface area contributed by atoms with Crippen LogP contribution >= 0.6 is 0 Å². The molecular weight excluding hydrogens is 251 g/mol. The number of carbonyl (C=O) groups excluding carboxylic acids is 1. The first-order valence-electron chi connectivity index (χ1n) is 6.12. The van der Waals surface area contributed by atoms with Crippen LogP contribution in [0.4, 0.5) is 15.8 Å². The molecular formula is C13H17FN2O3. The van der Waals surface area contributed by atoms with Crippen LogP contribution in [0.1, 0.15) is 18.9 Å². The molecule has 1 aromatic carbocycles. The maximum absolute atomic E-state index is 14.3. The molecule has 1 unspecified atom stereocenters. The molecule has 0 aliphatic carbocycles. The summed E-state index contributed by atoms with van der Waals surface area (Å²) in [5.41, 5.74) is 10.2. The highest BCUT2D eigenvalue weighted by Crippen LogP contribution is 2.38. The lowest BCUT2D eigenvalue weighted by Crippen LogP contribution is -2.39. The molecule has 0 saturated carbocycles. The molecule has 1 aliphatic rings. The van der Waals surface area contributed by atoms with Crippen LogP contribution in [0, 0.1) is 5.82 Å². The van der Waals surface area contributed by atoms with E-state index < -0.39 is 17.2 Å². The minimum atomic E-state index is -1.12. The summed E-state index contributed by atoms with van der Waals surface area (Å²) in [6.07, 6.45) is 0.367. The largest absolute Gasteiger partial charge is 0.465 e. The zero-order chi connectivity index (χ0) is 14.0. The quantitative estimate of drug-likeness (QED) is 0.635. The summed E-state index contributed by atoms with van der Waals surface area (Å²) in [7, 11) is 0. The van der Waals surface area contributed by atoms with E-state index in [2.05, 4.69) is 0 Å². The maximum atomic E-state index is 14.3. The van der Waals surface area contributed by atoms with Crippen molar-refractivity contribution in [2.75, 3.05) is 31.3 Å². The standard InChI is InChI=1S/C13H17FN2O3/c1-2-19-12(17)13(5-6-18-7-13)8-3-4-9(15)11(16)10(8)14/h3-4H,2,5-7,15-16H2,1H3. The van der Waals surface area contributed by atoms with Gasteiger partial charge in [-0.1, -0.05) is 6.07 Å². The van der Waals surface area contributed by atoms with E-state index >= 15 is 0 Å². The Kier molecular flexibility index (Phi) is 3.61. The van der Waals surface area contributed by atoms with Crippen LogP contribution in [0.3, 0.4) is 0 Å². The highest BCUT2D eigenvalue weighted by Gasteiger charge is 2.47. The number of hydrogen-bond acceptors (Lipinski definition) is 5. The number of esters is 1. The van der Waals surface area contributed by atoms with Crippen LogP contribution in [-0.2, 0) is 19.7 Å². The molecule has 0 bridgehead atoms. The highest BCUT2D eigenvalue weighted by atomic mass is 19.1. The number of hydrogen-bond donors (Lipinski definition) is 2. The van der Waals surface area contributed by atoms with E-state index in [9.17, 15) is 9.18 Å². The number of anilines is 2. The first-order valence-corrected chi connectivity index (χ1v) is 6.12. The molecule has 6 heteroatoms. The van der Waals surface area contributed by atoms with Gasteiger partial charge >= 0.3 is 5.97 Å². The number of ether oxygens (including phenoxy) is 2. The second-order valence-corrected chi connectivity index (χ2v) is 4.54. The van der Waals surface area contributed by atoms with Gasteiger partial charge in [-0.15, -0.1) is 0 Å². The van der Waals surface area contributed by atoms with Crippen molar-refractivity contribution in [3.8, 4) is 0 Å². The third-order valence-corrected chi connectivity index (χ3v) is 3.42. The van der Waals surface area contributed by atoms with Gasteiger partial charge in [0.15, 0.2) is 5.82 Å². The zero-order valence-electron chi connectivity index (χ0n) is 10.7. The molecule has 1 fully saturated rings. The fraction of sp³-hybridized carbons (Fsp3) is 0.462. The summed E-state index contributed by atoms with van der Waals surface area (Å²) in [5, 5.41) is 0. The number of halogens is 1. The Hall–Kier alpha value is -1.82. The van der Waals surface area contributed by atoms with E-state index in [1.165, 1.54) is 12.1 Å². The summed E-state index contributed by atoms with van der Waals surface area (Å²) in [6, 6.07) is 2.97. The molecule has 1 atom stereocenters. The second kappa shape index (κ2) is 5.05. The monoisotopic (exact) mass is 268 g/mol. The van der Waals surface area contributed by atoms with E-state index in [1.54, 1.807) is 6.92 Å². The summed E-state index contributed by atoms with van der Waals surface area (Å²) < 4.78 is 24.6. The third kappa shape index (κ3) is 2.12. The Morgan fingerprint density at radius 2 is 2.26 bits per heavy atom. The summed E-state index contributed by atoms with van der Waals surface area (Å²) in [6.45, 7) is 2.40. The molecule has 0 aromatic heterocycles. The van der Waals surface area contributed by atoms with Gasteiger partial charge in [0.1, 0.15) is 5.41 Å². The molecule has 1 aliphatic heterocycles. The number of benzene rings is 1. The van der Waals surface area contributed by atoms with Crippen LogP contribution < -0.4 is 11.5 Å². The second-order valence-electron chi connectivity index (χ2n) is 4.54. The van der Waals surface area contributed by atoms with Gasteiger partial charge in [-0.05, 0) is 19.4 Å². The number of carbonyl (C=O) groups is 1. The van der Waals surface area contributed by atoms with Gasteiger partial charge in [-0.25, -0.2) is 4.39 Å². The first-order chi connectivity index (χ1) is 9.03. The Labute approximate surface area is 110 Å². The fourth-order valence-electron chi connectivity index (χ4n) is 2.30. The molecule has 1 heterocycles. The first kappa shape index (κ1) is 13.6. The zero-order valence-corrected chi connectivity index (χ0v) is 10.7. The van der Waals surface area contributed by atoms with Crippen molar-refractivity contribution in [2.45, 2.75) is 18.8 Å². The van der Waals surface area contributed by atoms with Crippen molar-refractivity contribution in [1.29, 1.82) is 0 Å². The molecule has 0 amide bonds. The van der Waals surface area contributed by atoms with E-state index in [0.717, 1.165) is 0 Å². The number of rotatable bonds is 3. The van der Waals surface area contributed by atoms with Gasteiger partial charge in [-0.2, -0.15) is 0 Å². The van der Waals surface area contributed by atoms with Gasteiger partial charge in [-0.3, -0.25) is 4.79 Å². The smallest absolute Gasteiger partial charge is 0.319 e. The molecule has 19 heavy (non-hydrogen) atoms. The summed E-state index contributed by atoms with van der Waals surface area (Å²) >= 11 is 0. The molecule has 0 radical (unpaired) electrons. The average molecular weight is 268 g/mol. The van der Waals surface area contributed by atoms with Gasteiger partial charge in [0.05, 0.1) is 24.6 Å². The van der Waals surface area contributed by atoms with Crippen LogP contribution in [0.15, 0.2) is 12.1 Å². The Bertz CT molecular complexity index is 499. The normalized spacial score (nSPS) is 22.4. The maximum Gasteiger partial charge on any atom is 0.319 e. The third-order valence-electron chi connectivity index (χ3n) is 3.42. The minimum absolute atomic E-state index is 0.0894. The van der Waals surface area contributed by atoms with E-state index in [4.69, 9.17) is 20.9 Å². The molecule has 0 spiro atoms. The van der Waals surface area contributed by atoms with Gasteiger partial charge in [0.2, 0.25) is 0 Å². The van der Waals surface area contributed by atoms with Crippen LogP contribution in [0.25, 0.3) is 0 Å². The topological polar surface area (TPSA) is 87.6 Å². The minimum Gasteiger partial charge on any atom is -0.465 e. The molecule has 5 nitrogen and oxygen atoms in total. The van der Waals surface area contributed by atoms with Crippen LogP contribution in [0.2, 0.25) is 0 Å². The van der Waals surface area contributed by atoms with Gasteiger partial charge in [0, 0.05) is 12.2 Å².